The van der Waals surface area contributed by atoms with E-state index >= 15 is 0 Å². The van der Waals surface area contributed by atoms with Crippen LogP contribution in [0.3, 0.4) is 0 Å². The molecule has 1 heterocycles. The van der Waals surface area contributed by atoms with Crippen LogP contribution in [0.1, 0.15) is 12.0 Å². The summed E-state index contributed by atoms with van der Waals surface area (Å²) in [6.07, 6.45) is 2.45. The van der Waals surface area contributed by atoms with Crippen LogP contribution in [0.4, 0.5) is 5.69 Å². The van der Waals surface area contributed by atoms with E-state index in [1.54, 1.807) is 0 Å². The van der Waals surface area contributed by atoms with Gasteiger partial charge in [0.15, 0.2) is 0 Å². The Hall–Kier alpha value is -1.06. The topological polar surface area (TPSA) is 44.5 Å². The maximum atomic E-state index is 5.61. The van der Waals surface area contributed by atoms with Crippen LogP contribution >= 0.6 is 0 Å². The Bertz CT molecular complexity index is 293. The lowest BCUT2D eigenvalue weighted by Gasteiger charge is -2.25. The molecule has 0 aliphatic carbocycles. The summed E-state index contributed by atoms with van der Waals surface area (Å²) in [4.78, 5) is 0. The highest BCUT2D eigenvalue weighted by Gasteiger charge is 2.17. The fourth-order valence-corrected chi connectivity index (χ4v) is 1.52. The fourth-order valence-electron chi connectivity index (χ4n) is 1.52. The average Bonchev–Trinajstić information content (AvgIpc) is 2.18. The quantitative estimate of drug-likeness (QED) is 0.589. The van der Waals surface area contributed by atoms with Crippen molar-refractivity contribution < 1.29 is 9.47 Å². The second-order valence-electron chi connectivity index (χ2n) is 3.88. The third kappa shape index (κ3) is 3.22. The Labute approximate surface area is 90.2 Å². The van der Waals surface area contributed by atoms with Crippen molar-refractivity contribution in [3.8, 4) is 0 Å². The number of hydrogen-bond acceptors (Lipinski definition) is 3. The van der Waals surface area contributed by atoms with Crippen LogP contribution in [0.25, 0.3) is 0 Å². The van der Waals surface area contributed by atoms with Gasteiger partial charge in [-0.2, -0.15) is 0 Å². The molecule has 1 aliphatic heterocycles. The fraction of sp³-hybridized carbons (Fsp3) is 0.500. The lowest BCUT2D eigenvalue weighted by Crippen LogP contribution is -2.36. The molecular formula is C12H17NO2. The zero-order valence-corrected chi connectivity index (χ0v) is 8.82. The van der Waals surface area contributed by atoms with Crippen LogP contribution in [0.5, 0.6) is 0 Å². The summed E-state index contributed by atoms with van der Waals surface area (Å²) in [5, 5.41) is 0. The smallest absolute Gasteiger partial charge is 0.104 e. The molecule has 0 aromatic heterocycles. The number of ether oxygens (including phenoxy) is 2. The zero-order valence-electron chi connectivity index (χ0n) is 8.82. The van der Waals surface area contributed by atoms with E-state index in [1.807, 2.05) is 12.1 Å². The molecule has 0 atom stereocenters. The van der Waals surface area contributed by atoms with Crippen LogP contribution in [0.15, 0.2) is 24.3 Å². The molecule has 1 aromatic rings. The van der Waals surface area contributed by atoms with Gasteiger partial charge in [-0.15, -0.1) is 0 Å². The molecule has 15 heavy (non-hydrogen) atoms. The Morgan fingerprint density at radius 3 is 2.60 bits per heavy atom. The van der Waals surface area contributed by atoms with Gasteiger partial charge in [0.2, 0.25) is 0 Å². The Kier molecular flexibility index (Phi) is 3.59. The normalized spacial score (nSPS) is 16.3. The SMILES string of the molecule is Nc1ccc(CCCOC2COC2)cc1. The largest absolute Gasteiger partial charge is 0.399 e. The molecule has 0 radical (unpaired) electrons. The zero-order chi connectivity index (χ0) is 10.5. The van der Waals surface area contributed by atoms with Gasteiger partial charge in [0.1, 0.15) is 6.10 Å². The van der Waals surface area contributed by atoms with E-state index in [-0.39, 0.29) is 0 Å². The Morgan fingerprint density at radius 2 is 2.00 bits per heavy atom. The van der Waals surface area contributed by atoms with Gasteiger partial charge in [-0.05, 0) is 30.5 Å². The van der Waals surface area contributed by atoms with Crippen LogP contribution in [0, 0.1) is 0 Å². The van der Waals surface area contributed by atoms with Gasteiger partial charge in [-0.25, -0.2) is 0 Å². The summed E-state index contributed by atoms with van der Waals surface area (Å²) >= 11 is 0. The predicted molar refractivity (Wildman–Crippen MR) is 59.7 cm³/mol. The number of nitrogens with two attached hydrogens (primary N) is 1. The standard InChI is InChI=1S/C12H17NO2/c13-11-5-3-10(4-6-11)2-1-7-15-12-8-14-9-12/h3-6,12H,1-2,7-9,13H2. The molecule has 82 valence electrons. The van der Waals surface area contributed by atoms with Crippen LogP contribution in [-0.4, -0.2) is 25.9 Å². The van der Waals surface area contributed by atoms with Crippen LogP contribution < -0.4 is 5.73 Å². The molecule has 0 saturated carbocycles. The van der Waals surface area contributed by atoms with E-state index in [9.17, 15) is 0 Å². The molecular weight excluding hydrogens is 190 g/mol. The Morgan fingerprint density at radius 1 is 1.27 bits per heavy atom. The summed E-state index contributed by atoms with van der Waals surface area (Å²) in [5.74, 6) is 0. The molecule has 0 bridgehead atoms. The molecule has 0 amide bonds. The van der Waals surface area contributed by atoms with Crippen LogP contribution in [-0.2, 0) is 15.9 Å². The van der Waals surface area contributed by atoms with Gasteiger partial charge >= 0.3 is 0 Å². The van der Waals surface area contributed by atoms with Crippen molar-refractivity contribution in [2.24, 2.45) is 0 Å². The lowest BCUT2D eigenvalue weighted by atomic mass is 10.1. The van der Waals surface area contributed by atoms with Gasteiger partial charge in [0.25, 0.3) is 0 Å². The minimum absolute atomic E-state index is 0.344. The number of aryl methyl sites for hydroxylation is 1. The second kappa shape index (κ2) is 5.14. The van der Waals surface area contributed by atoms with E-state index in [4.69, 9.17) is 15.2 Å². The first-order valence-electron chi connectivity index (χ1n) is 5.38. The van der Waals surface area contributed by atoms with E-state index in [2.05, 4.69) is 12.1 Å². The highest BCUT2D eigenvalue weighted by molar-refractivity contribution is 5.39. The van der Waals surface area contributed by atoms with E-state index in [0.717, 1.165) is 38.3 Å². The molecule has 2 rings (SSSR count). The summed E-state index contributed by atoms with van der Waals surface area (Å²) < 4.78 is 10.6. The first-order chi connectivity index (χ1) is 7.34. The van der Waals surface area contributed by atoms with Crippen molar-refractivity contribution in [1.82, 2.24) is 0 Å². The van der Waals surface area contributed by atoms with Crippen molar-refractivity contribution in [2.45, 2.75) is 18.9 Å². The minimum atomic E-state index is 0.344. The number of rotatable bonds is 5. The van der Waals surface area contributed by atoms with Crippen molar-refractivity contribution in [3.05, 3.63) is 29.8 Å². The van der Waals surface area contributed by atoms with Crippen molar-refractivity contribution in [2.75, 3.05) is 25.6 Å². The second-order valence-corrected chi connectivity index (χ2v) is 3.88. The summed E-state index contributed by atoms with van der Waals surface area (Å²) in [7, 11) is 0. The lowest BCUT2D eigenvalue weighted by molar-refractivity contribution is -0.129. The monoisotopic (exact) mass is 207 g/mol. The third-order valence-corrected chi connectivity index (χ3v) is 2.55. The van der Waals surface area contributed by atoms with Gasteiger partial charge in [0.05, 0.1) is 13.2 Å². The number of nitrogen functional groups attached to an aromatic ring is 1. The third-order valence-electron chi connectivity index (χ3n) is 2.55. The molecule has 0 spiro atoms. The molecule has 1 aliphatic rings. The molecule has 2 N–H and O–H groups in total. The summed E-state index contributed by atoms with van der Waals surface area (Å²) in [5.41, 5.74) is 7.75. The van der Waals surface area contributed by atoms with Crippen molar-refractivity contribution in [3.63, 3.8) is 0 Å². The number of anilines is 1. The highest BCUT2D eigenvalue weighted by atomic mass is 16.6. The van der Waals surface area contributed by atoms with E-state index in [0.29, 0.717) is 6.10 Å². The highest BCUT2D eigenvalue weighted by Crippen LogP contribution is 2.09. The molecule has 1 aromatic carbocycles. The average molecular weight is 207 g/mol. The van der Waals surface area contributed by atoms with Gasteiger partial charge in [0, 0.05) is 12.3 Å². The van der Waals surface area contributed by atoms with Crippen molar-refractivity contribution in [1.29, 1.82) is 0 Å². The summed E-state index contributed by atoms with van der Waals surface area (Å²) in [6, 6.07) is 8.02. The first kappa shape index (κ1) is 10.5. The maximum Gasteiger partial charge on any atom is 0.104 e. The Balaban J connectivity index is 1.62. The molecule has 3 heteroatoms. The number of benzene rings is 1. The van der Waals surface area contributed by atoms with Gasteiger partial charge < -0.3 is 15.2 Å². The minimum Gasteiger partial charge on any atom is -0.399 e. The van der Waals surface area contributed by atoms with E-state index < -0.39 is 0 Å². The van der Waals surface area contributed by atoms with Crippen molar-refractivity contribution >= 4 is 5.69 Å². The van der Waals surface area contributed by atoms with Gasteiger partial charge in [-0.3, -0.25) is 0 Å². The predicted octanol–water partition coefficient (Wildman–Crippen LogP) is 1.62. The molecule has 3 nitrogen and oxygen atoms in total. The molecule has 1 saturated heterocycles. The molecule has 1 fully saturated rings. The summed E-state index contributed by atoms with van der Waals surface area (Å²) in [6.45, 7) is 2.35. The van der Waals surface area contributed by atoms with E-state index in [1.165, 1.54) is 5.56 Å². The van der Waals surface area contributed by atoms with Gasteiger partial charge in [-0.1, -0.05) is 12.1 Å². The maximum absolute atomic E-state index is 5.61. The van der Waals surface area contributed by atoms with Crippen LogP contribution in [0.2, 0.25) is 0 Å². The molecule has 0 unspecified atom stereocenters. The number of hydrogen-bond donors (Lipinski definition) is 1. The first-order valence-corrected chi connectivity index (χ1v) is 5.38.